The lowest BCUT2D eigenvalue weighted by Gasteiger charge is -2.30. The Bertz CT molecular complexity index is 6730. The summed E-state index contributed by atoms with van der Waals surface area (Å²) in [5.41, 5.74) is 10.3. The molecular weight excluding hydrogens is 1970 g/mol. The number of piperidine rings is 1. The van der Waals surface area contributed by atoms with E-state index in [0.29, 0.717) is 126 Å². The lowest BCUT2D eigenvalue weighted by atomic mass is 9.83. The van der Waals surface area contributed by atoms with E-state index in [1.165, 1.54) is 115 Å². The molecule has 0 spiro atoms. The predicted molar refractivity (Wildman–Crippen MR) is 555 cm³/mol. The normalized spacial score (nSPS) is 14.1. The van der Waals surface area contributed by atoms with E-state index in [2.05, 4.69) is 99.1 Å². The Balaban J connectivity index is 0.000000165. The fourth-order valence-corrected chi connectivity index (χ4v) is 17.6. The number of halogens is 5. The van der Waals surface area contributed by atoms with Crippen molar-refractivity contribution in [1.29, 1.82) is 0 Å². The van der Waals surface area contributed by atoms with Crippen molar-refractivity contribution >= 4 is 141 Å². The van der Waals surface area contributed by atoms with Crippen molar-refractivity contribution in [1.82, 2.24) is 123 Å². The molecule has 0 radical (unpaired) electrons. The van der Waals surface area contributed by atoms with Gasteiger partial charge in [0.1, 0.15) is 25.3 Å². The van der Waals surface area contributed by atoms with Crippen LogP contribution in [-0.4, -0.2) is 211 Å². The monoisotopic (exact) mass is 2080 g/mol. The summed E-state index contributed by atoms with van der Waals surface area (Å²) in [5.74, 6) is -1.97. The van der Waals surface area contributed by atoms with Crippen LogP contribution in [-0.2, 0) is 77.0 Å². The average Bonchev–Trinajstić information content (AvgIpc) is 1.46. The van der Waals surface area contributed by atoms with Crippen LogP contribution in [0.1, 0.15) is 190 Å². The van der Waals surface area contributed by atoms with Gasteiger partial charge in [-0.25, -0.2) is 4.39 Å². The number of benzene rings is 8. The second-order valence-corrected chi connectivity index (χ2v) is 37.6. The Morgan fingerprint density at radius 1 is 0.385 bits per heavy atom. The van der Waals surface area contributed by atoms with Gasteiger partial charge >= 0.3 is 0 Å². The highest BCUT2D eigenvalue weighted by Crippen LogP contribution is 2.32. The fraction of sp³-hybridized carbons (Fsp3) is 0.299. The third-order valence-corrected chi connectivity index (χ3v) is 26.1. The predicted octanol–water partition coefficient (Wildman–Crippen LogP) is 13.9. The Hall–Kier alpha value is -15.5. The molecule has 6 N–H and O–H groups in total. The Kier molecular flexibility index (Phi) is 40.5. The lowest BCUT2D eigenvalue weighted by molar-refractivity contribution is -0.125. The van der Waals surface area contributed by atoms with Crippen molar-refractivity contribution in [2.24, 2.45) is 17.8 Å². The number of hydrogen-bond donors (Lipinski definition) is 6. The van der Waals surface area contributed by atoms with Crippen LogP contribution in [0.4, 0.5) is 4.39 Å². The molecule has 3 fully saturated rings. The van der Waals surface area contributed by atoms with Gasteiger partial charge in [0.15, 0.2) is 52.1 Å². The number of rotatable bonds is 41. The minimum absolute atomic E-state index is 0.0000708. The van der Waals surface area contributed by atoms with Gasteiger partial charge in [0.05, 0.1) is 57.6 Å². The molecule has 4 amide bonds. The molecule has 8 aromatic carbocycles. The maximum Gasteiger partial charge on any atom is 0.244 e. The largest absolute Gasteiger partial charge is 0.343 e. The number of carbonyl (C=O) groups is 12. The first-order valence-corrected chi connectivity index (χ1v) is 49.6. The second-order valence-electron chi connectivity index (χ2n) is 35.9. The van der Waals surface area contributed by atoms with Crippen LogP contribution >= 0.6 is 46.4 Å². The molecule has 1 saturated carbocycles. The van der Waals surface area contributed by atoms with E-state index in [4.69, 9.17) is 46.4 Å². The maximum atomic E-state index is 14.9. The van der Waals surface area contributed by atoms with Gasteiger partial charge in [-0.15, -0.1) is 20.4 Å². The number of amides is 4. The van der Waals surface area contributed by atoms with Crippen LogP contribution in [0.3, 0.4) is 0 Å². The summed E-state index contributed by atoms with van der Waals surface area (Å²) in [6, 6.07) is 45.3. The molecule has 0 bridgehead atoms. The first-order chi connectivity index (χ1) is 71.4. The second kappa shape index (κ2) is 54.6. The summed E-state index contributed by atoms with van der Waals surface area (Å²) in [7, 11) is 0. The van der Waals surface area contributed by atoms with Crippen LogP contribution in [0, 0.1) is 23.6 Å². The van der Waals surface area contributed by atoms with E-state index in [1.54, 1.807) is 187 Å². The number of carbonyl (C=O) groups excluding carboxylic acids is 12. The Labute approximate surface area is 871 Å². The molecule has 5 aromatic heterocycles. The number of nitrogens with zero attached hydrogens (tertiary/aromatic N) is 18. The molecule has 36 nitrogen and oxygen atoms in total. The molecule has 16 rings (SSSR count). The summed E-state index contributed by atoms with van der Waals surface area (Å²) in [6.45, 7) is 12.0. The standard InChI is InChI=1S/C28H30ClN5O3.C27H25ClFN7O3.C27H29ClN6O3.C25H25ClN6O3/c1-19(35)22-9-7-21(8-10-22)16-27(36)25(15-20-5-3-2-4-6-20)31-28(37)14-11-23-17-24(29)12-13-26(23)34-18-30-32-33-34;1-3-35-13-12-20(32-35)15-23(25(38)14-18-4-6-19(7-5-18)17(2)37)31-26(39)11-8-21-24(36-16-30-33-34-36)10-9-22(28)27(21)29;1-18(35)21-4-2-19(3-5-21)15-26(36)24(14-20-10-12-29-13-11-20)31-27(37)9-6-22-16-23(28)7-8-25(22)34-17-30-32-33-34;1-16(33)19-4-2-17(3-5-19)11-24(34)22(10-18-13-27-14-18)29-25(35)9-6-20-12-21(26)7-8-23(20)32-15-28-30-31-32/h7-14,17-18,20,25H,2-6,15-16H2,1H3,(H,31,37);4-13,16,23H,3,14-15H2,1-2H3,(H,31,39);2-9,16-17,20,24,29H,10-15H2,1H3,(H,31,37);2-9,12,15,18,22,27H,10-11,13-14H2,1H3,(H,29,35)/b14-11+;11-8+;2*9-6+/t25-;23-;24-;22-/m0000/s1. The van der Waals surface area contributed by atoms with Gasteiger partial charge in [0, 0.05) is 129 Å². The first-order valence-electron chi connectivity index (χ1n) is 48.1. The first kappa shape index (κ1) is 110. The quantitative estimate of drug-likeness (QED) is 0.0153. The Morgan fingerprint density at radius 3 is 1.03 bits per heavy atom. The van der Waals surface area contributed by atoms with Gasteiger partial charge in [0.2, 0.25) is 23.6 Å². The van der Waals surface area contributed by atoms with Crippen molar-refractivity contribution in [3.05, 3.63) is 324 Å². The zero-order chi connectivity index (χ0) is 105. The average molecular weight is 2080 g/mol. The molecule has 4 atom stereocenters. The summed E-state index contributed by atoms with van der Waals surface area (Å²) in [5, 5.41) is 68.3. The molecule has 1 aliphatic carbocycles. The van der Waals surface area contributed by atoms with Crippen LogP contribution in [0.25, 0.3) is 47.1 Å². The zero-order valence-electron chi connectivity index (χ0n) is 81.7. The Morgan fingerprint density at radius 2 is 0.709 bits per heavy atom. The van der Waals surface area contributed by atoms with Crippen LogP contribution in [0.15, 0.2) is 226 Å². The highest BCUT2D eigenvalue weighted by molar-refractivity contribution is 6.32. The molecule has 148 heavy (non-hydrogen) atoms. The number of nitrogens with one attached hydrogen (secondary N) is 6. The van der Waals surface area contributed by atoms with Crippen molar-refractivity contribution in [2.45, 2.75) is 162 Å². The molecule has 41 heteroatoms. The van der Waals surface area contributed by atoms with E-state index in [-0.39, 0.29) is 112 Å². The smallest absolute Gasteiger partial charge is 0.244 e. The molecule has 7 heterocycles. The summed E-state index contributed by atoms with van der Waals surface area (Å²) >= 11 is 24.4. The molecule has 13 aromatic rings. The summed E-state index contributed by atoms with van der Waals surface area (Å²) in [6.07, 6.45) is 29.0. The van der Waals surface area contributed by atoms with E-state index < -0.39 is 35.9 Å². The van der Waals surface area contributed by atoms with Crippen molar-refractivity contribution in [3.8, 4) is 22.7 Å². The number of aryl methyl sites for hydroxylation is 1. The summed E-state index contributed by atoms with van der Waals surface area (Å²) in [4.78, 5) is 151. The van der Waals surface area contributed by atoms with Crippen molar-refractivity contribution in [3.63, 3.8) is 0 Å². The van der Waals surface area contributed by atoms with E-state index in [1.807, 2.05) is 6.92 Å². The minimum atomic E-state index is -0.905. The zero-order valence-corrected chi connectivity index (χ0v) is 84.7. The van der Waals surface area contributed by atoms with Gasteiger partial charge in [-0.1, -0.05) is 176 Å². The minimum Gasteiger partial charge on any atom is -0.343 e. The molecule has 3 aliphatic rings. The number of aromatic nitrogens is 18. The van der Waals surface area contributed by atoms with Gasteiger partial charge < -0.3 is 31.9 Å². The number of tetrazole rings is 4. The van der Waals surface area contributed by atoms with E-state index in [9.17, 15) is 61.9 Å². The van der Waals surface area contributed by atoms with Crippen molar-refractivity contribution < 1.29 is 61.9 Å². The third kappa shape index (κ3) is 33.0. The molecule has 2 aliphatic heterocycles. The van der Waals surface area contributed by atoms with E-state index in [0.717, 1.165) is 87.5 Å². The van der Waals surface area contributed by atoms with E-state index >= 15 is 0 Å². The third-order valence-electron chi connectivity index (χ3n) is 25.1. The fourth-order valence-electron chi connectivity index (χ4n) is 16.9. The SMILES string of the molecule is CC(=O)c1ccc(CC(=O)[C@H](CC2CCCCC2)NC(=O)/C=C/c2cc(Cl)ccc2-n2cnnn2)cc1.CC(=O)c1ccc(CC(=O)[C@H](CC2CCNCC2)NC(=O)/C=C/c2cc(Cl)ccc2-n2cnnn2)cc1.CC(=O)c1ccc(CC(=O)[C@H](CC2CNC2)NC(=O)/C=C/c2cc(Cl)ccc2-n2cnnn2)cc1.CCn1ccc(C[C@H](NC(=O)/C=C/c2c(-n3cnnn3)ccc(Cl)c2F)C(=O)Cc2ccc(C(C)=O)cc2)n1. The highest BCUT2D eigenvalue weighted by atomic mass is 35.5. The number of ketones is 8. The molecular formula is C107H109Cl4FN24O12. The van der Waals surface area contributed by atoms with Gasteiger partial charge in [-0.3, -0.25) is 62.2 Å². The molecule has 0 unspecified atom stereocenters. The lowest BCUT2D eigenvalue weighted by Crippen LogP contribution is -2.49. The highest BCUT2D eigenvalue weighted by Gasteiger charge is 2.32. The van der Waals surface area contributed by atoms with Gasteiger partial charge in [-0.05, 0) is 272 Å². The number of Topliss-reactive ketones (excluding diaryl/α,β-unsaturated/α-hetero) is 8. The van der Waals surface area contributed by atoms with Crippen molar-refractivity contribution in [2.75, 3.05) is 26.2 Å². The van der Waals surface area contributed by atoms with Gasteiger partial charge in [-0.2, -0.15) is 23.8 Å². The van der Waals surface area contributed by atoms with Crippen LogP contribution in [0.5, 0.6) is 0 Å². The number of hydrogen-bond acceptors (Lipinski definition) is 27. The van der Waals surface area contributed by atoms with Gasteiger partial charge in [0.25, 0.3) is 0 Å². The van der Waals surface area contributed by atoms with Crippen LogP contribution in [0.2, 0.25) is 20.1 Å². The van der Waals surface area contributed by atoms with Crippen LogP contribution < -0.4 is 31.9 Å². The molecule has 2 saturated heterocycles. The topological polar surface area (TPSA) is 469 Å². The molecule has 764 valence electrons. The maximum absolute atomic E-state index is 14.9. The summed E-state index contributed by atoms with van der Waals surface area (Å²) < 4.78 is 22.3.